The number of hydrogen-bond donors (Lipinski definition) is 1. The summed E-state index contributed by atoms with van der Waals surface area (Å²) in [4.78, 5) is 4.38. The molecule has 0 fully saturated rings. The number of hydrogen-bond acceptors (Lipinski definition) is 3. The minimum atomic E-state index is 0.646. The van der Waals surface area contributed by atoms with Crippen molar-refractivity contribution >= 4 is 0 Å². The van der Waals surface area contributed by atoms with Gasteiger partial charge in [-0.05, 0) is 38.4 Å². The van der Waals surface area contributed by atoms with E-state index in [1.807, 2.05) is 19.9 Å². The Balaban J connectivity index is 2.54. The van der Waals surface area contributed by atoms with Crippen LogP contribution in [0.15, 0.2) is 24.3 Å². The highest BCUT2D eigenvalue weighted by Crippen LogP contribution is 2.13. The van der Waals surface area contributed by atoms with Crippen molar-refractivity contribution in [1.82, 2.24) is 10.3 Å². The molecule has 0 aliphatic carbocycles. The molecule has 0 amide bonds. The second-order valence-corrected chi connectivity index (χ2v) is 4.69. The first kappa shape index (κ1) is 14.7. The lowest BCUT2D eigenvalue weighted by Crippen LogP contribution is -2.14. The van der Waals surface area contributed by atoms with E-state index in [-0.39, 0.29) is 0 Å². The molecule has 0 bridgehead atoms. The molecule has 100 valence electrons. The Kier molecular flexibility index (Phi) is 6.44. The van der Waals surface area contributed by atoms with Crippen LogP contribution in [-0.4, -0.2) is 18.1 Å². The highest BCUT2D eigenvalue weighted by Gasteiger charge is 2.01. The lowest BCUT2D eigenvalue weighted by molar-refractivity contribution is 0.308. The summed E-state index contributed by atoms with van der Waals surface area (Å²) >= 11 is 0. The highest BCUT2D eigenvalue weighted by molar-refractivity contribution is 5.24. The SMILES string of the molecule is C=C(C)CCOc1cc(CNCCC)cc(C)n1. The van der Waals surface area contributed by atoms with Crippen LogP contribution in [-0.2, 0) is 6.54 Å². The van der Waals surface area contributed by atoms with E-state index < -0.39 is 0 Å². The minimum Gasteiger partial charge on any atom is -0.477 e. The fraction of sp³-hybridized carbons (Fsp3) is 0.533. The Morgan fingerprint density at radius 2 is 2.22 bits per heavy atom. The van der Waals surface area contributed by atoms with E-state index in [1.54, 1.807) is 0 Å². The van der Waals surface area contributed by atoms with E-state index in [9.17, 15) is 0 Å². The van der Waals surface area contributed by atoms with Gasteiger partial charge in [0, 0.05) is 24.7 Å². The molecule has 1 aromatic heterocycles. The third-order valence-corrected chi connectivity index (χ3v) is 2.52. The molecule has 0 saturated heterocycles. The van der Waals surface area contributed by atoms with Crippen LogP contribution in [0.5, 0.6) is 5.88 Å². The van der Waals surface area contributed by atoms with Gasteiger partial charge in [0.15, 0.2) is 0 Å². The molecule has 1 heterocycles. The van der Waals surface area contributed by atoms with Crippen molar-refractivity contribution in [3.63, 3.8) is 0 Å². The summed E-state index contributed by atoms with van der Waals surface area (Å²) in [6.07, 6.45) is 2.02. The van der Waals surface area contributed by atoms with Crippen LogP contribution in [0, 0.1) is 6.92 Å². The van der Waals surface area contributed by atoms with Gasteiger partial charge in [0.25, 0.3) is 0 Å². The zero-order valence-corrected chi connectivity index (χ0v) is 11.8. The summed E-state index contributed by atoms with van der Waals surface area (Å²) in [6.45, 7) is 12.6. The Bertz CT molecular complexity index is 388. The summed E-state index contributed by atoms with van der Waals surface area (Å²) in [5, 5.41) is 3.38. The topological polar surface area (TPSA) is 34.1 Å². The molecule has 0 spiro atoms. The van der Waals surface area contributed by atoms with E-state index in [1.165, 1.54) is 5.56 Å². The standard InChI is InChI=1S/C15H24N2O/c1-5-7-16-11-14-9-13(4)17-15(10-14)18-8-6-12(2)3/h9-10,16H,2,5-8,11H2,1,3-4H3. The second-order valence-electron chi connectivity index (χ2n) is 4.69. The average Bonchev–Trinajstić information content (AvgIpc) is 2.28. The molecule has 3 heteroatoms. The normalized spacial score (nSPS) is 10.4. The van der Waals surface area contributed by atoms with Crippen LogP contribution in [0.25, 0.3) is 0 Å². The first-order valence-corrected chi connectivity index (χ1v) is 6.57. The number of nitrogens with one attached hydrogen (secondary N) is 1. The molecule has 0 aliphatic rings. The first-order valence-electron chi connectivity index (χ1n) is 6.57. The van der Waals surface area contributed by atoms with Crippen molar-refractivity contribution in [3.05, 3.63) is 35.5 Å². The molecule has 1 rings (SSSR count). The van der Waals surface area contributed by atoms with E-state index in [2.05, 4.69) is 29.9 Å². The predicted octanol–water partition coefficient (Wildman–Crippen LogP) is 3.23. The molecule has 3 nitrogen and oxygen atoms in total. The molecule has 0 saturated carbocycles. The average molecular weight is 248 g/mol. The van der Waals surface area contributed by atoms with Gasteiger partial charge in [-0.2, -0.15) is 0 Å². The molecule has 1 aromatic rings. The smallest absolute Gasteiger partial charge is 0.213 e. The Morgan fingerprint density at radius 1 is 1.44 bits per heavy atom. The molecular weight excluding hydrogens is 224 g/mol. The van der Waals surface area contributed by atoms with Crippen LogP contribution >= 0.6 is 0 Å². The van der Waals surface area contributed by atoms with Gasteiger partial charge in [-0.3, -0.25) is 0 Å². The Labute approximate surface area is 110 Å². The van der Waals surface area contributed by atoms with Crippen LogP contribution in [0.4, 0.5) is 0 Å². The van der Waals surface area contributed by atoms with Crippen molar-refractivity contribution in [3.8, 4) is 5.88 Å². The predicted molar refractivity (Wildman–Crippen MR) is 75.9 cm³/mol. The third-order valence-electron chi connectivity index (χ3n) is 2.52. The summed E-state index contributed by atoms with van der Waals surface area (Å²) in [5.74, 6) is 0.713. The number of ether oxygens (including phenoxy) is 1. The van der Waals surface area contributed by atoms with Crippen LogP contribution in [0.1, 0.15) is 37.9 Å². The van der Waals surface area contributed by atoms with Crippen LogP contribution < -0.4 is 10.1 Å². The number of pyridine rings is 1. The summed E-state index contributed by atoms with van der Waals surface area (Å²) in [5.41, 5.74) is 3.35. The van der Waals surface area contributed by atoms with E-state index in [4.69, 9.17) is 4.74 Å². The second kappa shape index (κ2) is 7.88. The highest BCUT2D eigenvalue weighted by atomic mass is 16.5. The van der Waals surface area contributed by atoms with Gasteiger partial charge < -0.3 is 10.1 Å². The lowest BCUT2D eigenvalue weighted by atomic mass is 10.2. The molecule has 0 aromatic carbocycles. The summed E-state index contributed by atoms with van der Waals surface area (Å²) in [7, 11) is 0. The van der Waals surface area contributed by atoms with Gasteiger partial charge in [-0.15, -0.1) is 6.58 Å². The maximum absolute atomic E-state index is 5.64. The zero-order chi connectivity index (χ0) is 13.4. The van der Waals surface area contributed by atoms with Crippen molar-refractivity contribution in [1.29, 1.82) is 0 Å². The molecule has 0 aliphatic heterocycles. The van der Waals surface area contributed by atoms with Gasteiger partial charge in [-0.1, -0.05) is 12.5 Å². The van der Waals surface area contributed by atoms with Crippen molar-refractivity contribution in [2.45, 2.75) is 40.2 Å². The number of rotatable bonds is 8. The molecule has 1 N–H and O–H groups in total. The molecule has 0 radical (unpaired) electrons. The van der Waals surface area contributed by atoms with Crippen LogP contribution in [0.2, 0.25) is 0 Å². The fourth-order valence-electron chi connectivity index (χ4n) is 1.62. The number of nitrogens with zero attached hydrogens (tertiary/aromatic N) is 1. The van der Waals surface area contributed by atoms with Gasteiger partial charge >= 0.3 is 0 Å². The van der Waals surface area contributed by atoms with Crippen molar-refractivity contribution in [2.24, 2.45) is 0 Å². The minimum absolute atomic E-state index is 0.646. The Hall–Kier alpha value is -1.35. The van der Waals surface area contributed by atoms with Gasteiger partial charge in [0.2, 0.25) is 5.88 Å². The zero-order valence-electron chi connectivity index (χ0n) is 11.8. The summed E-state index contributed by atoms with van der Waals surface area (Å²) in [6, 6.07) is 4.10. The monoisotopic (exact) mass is 248 g/mol. The van der Waals surface area contributed by atoms with E-state index in [0.29, 0.717) is 12.5 Å². The quantitative estimate of drug-likeness (QED) is 0.566. The Morgan fingerprint density at radius 3 is 2.89 bits per heavy atom. The first-order chi connectivity index (χ1) is 8.61. The van der Waals surface area contributed by atoms with Crippen molar-refractivity contribution < 1.29 is 4.74 Å². The van der Waals surface area contributed by atoms with Gasteiger partial charge in [-0.25, -0.2) is 4.98 Å². The molecular formula is C15H24N2O. The molecule has 0 unspecified atom stereocenters. The fourth-order valence-corrected chi connectivity index (χ4v) is 1.62. The number of aromatic nitrogens is 1. The number of aryl methyl sites for hydroxylation is 1. The van der Waals surface area contributed by atoms with E-state index >= 15 is 0 Å². The third kappa shape index (κ3) is 5.82. The van der Waals surface area contributed by atoms with Gasteiger partial charge in [0.1, 0.15) is 0 Å². The van der Waals surface area contributed by atoms with Gasteiger partial charge in [0.05, 0.1) is 6.61 Å². The molecule has 18 heavy (non-hydrogen) atoms. The maximum Gasteiger partial charge on any atom is 0.213 e. The van der Waals surface area contributed by atoms with Crippen molar-refractivity contribution in [2.75, 3.05) is 13.2 Å². The van der Waals surface area contributed by atoms with E-state index in [0.717, 1.165) is 37.2 Å². The molecule has 0 atom stereocenters. The maximum atomic E-state index is 5.64. The van der Waals surface area contributed by atoms with Crippen LogP contribution in [0.3, 0.4) is 0 Å². The largest absolute Gasteiger partial charge is 0.477 e. The summed E-state index contributed by atoms with van der Waals surface area (Å²) < 4.78 is 5.64. The lowest BCUT2D eigenvalue weighted by Gasteiger charge is -2.09.